The molecular formula is C17H30IN3OS. The van der Waals surface area contributed by atoms with Crippen LogP contribution in [-0.4, -0.2) is 30.7 Å². The summed E-state index contributed by atoms with van der Waals surface area (Å²) in [6, 6.07) is 1.96. The molecule has 132 valence electrons. The summed E-state index contributed by atoms with van der Waals surface area (Å²) < 4.78 is 0. The fourth-order valence-corrected chi connectivity index (χ4v) is 3.72. The van der Waals surface area contributed by atoms with Crippen LogP contribution < -0.4 is 10.6 Å². The molecule has 1 unspecified atom stereocenters. The minimum absolute atomic E-state index is 0. The summed E-state index contributed by atoms with van der Waals surface area (Å²) in [5.41, 5.74) is 0.394. The van der Waals surface area contributed by atoms with Gasteiger partial charge in [-0.25, -0.2) is 4.99 Å². The first-order valence-electron chi connectivity index (χ1n) is 8.22. The molecule has 1 heterocycles. The van der Waals surface area contributed by atoms with Crippen LogP contribution in [0.25, 0.3) is 0 Å². The summed E-state index contributed by atoms with van der Waals surface area (Å²) in [5, 5.41) is 21.3. The number of hydrogen-bond acceptors (Lipinski definition) is 3. The molecule has 0 radical (unpaired) electrons. The fourth-order valence-electron chi connectivity index (χ4n) is 2.94. The van der Waals surface area contributed by atoms with Crippen LogP contribution in [0.1, 0.15) is 52.0 Å². The first-order valence-corrected chi connectivity index (χ1v) is 9.17. The number of aliphatic hydroxyl groups is 1. The molecule has 0 saturated heterocycles. The first-order chi connectivity index (χ1) is 10.5. The molecule has 1 aromatic rings. The Bertz CT molecular complexity index is 482. The van der Waals surface area contributed by atoms with Crippen molar-refractivity contribution < 1.29 is 5.11 Å². The Labute approximate surface area is 161 Å². The number of aliphatic imine (C=N–C) groups is 1. The molecule has 0 bridgehead atoms. The Balaban J connectivity index is 0.00000264. The molecule has 6 heteroatoms. The van der Waals surface area contributed by atoms with E-state index in [0.717, 1.165) is 24.6 Å². The number of hydrogen-bond donors (Lipinski definition) is 3. The van der Waals surface area contributed by atoms with Gasteiger partial charge >= 0.3 is 0 Å². The second kappa shape index (κ2) is 9.22. The lowest BCUT2D eigenvalue weighted by Crippen LogP contribution is -2.43. The highest BCUT2D eigenvalue weighted by atomic mass is 127. The number of guanidine groups is 1. The van der Waals surface area contributed by atoms with Crippen molar-refractivity contribution in [2.45, 2.75) is 52.1 Å². The minimum Gasteiger partial charge on any atom is -0.383 e. The van der Waals surface area contributed by atoms with Crippen molar-refractivity contribution >= 4 is 41.3 Å². The highest BCUT2D eigenvalue weighted by Gasteiger charge is 2.29. The molecule has 0 spiro atoms. The quantitative estimate of drug-likeness (QED) is 0.351. The van der Waals surface area contributed by atoms with E-state index in [0.29, 0.717) is 12.0 Å². The van der Waals surface area contributed by atoms with Gasteiger partial charge in [0.1, 0.15) is 5.60 Å². The van der Waals surface area contributed by atoms with Crippen LogP contribution in [0.5, 0.6) is 0 Å². The zero-order chi connectivity index (χ0) is 16.1. The Hall–Kier alpha value is -0.340. The van der Waals surface area contributed by atoms with Crippen molar-refractivity contribution in [1.82, 2.24) is 10.6 Å². The van der Waals surface area contributed by atoms with Crippen molar-refractivity contribution in [2.24, 2.45) is 10.4 Å². The summed E-state index contributed by atoms with van der Waals surface area (Å²) in [6.07, 6.45) is 5.23. The maximum Gasteiger partial charge on any atom is 0.191 e. The van der Waals surface area contributed by atoms with Crippen molar-refractivity contribution in [1.29, 1.82) is 0 Å². The zero-order valence-electron chi connectivity index (χ0n) is 14.4. The number of nitrogens with one attached hydrogen (secondary N) is 2. The zero-order valence-corrected chi connectivity index (χ0v) is 17.5. The van der Waals surface area contributed by atoms with Gasteiger partial charge in [0, 0.05) is 13.1 Å². The van der Waals surface area contributed by atoms with Gasteiger partial charge in [0.25, 0.3) is 0 Å². The third kappa shape index (κ3) is 6.23. The number of nitrogens with zero attached hydrogens (tertiary/aromatic N) is 1. The van der Waals surface area contributed by atoms with Gasteiger partial charge in [-0.2, -0.15) is 11.3 Å². The van der Waals surface area contributed by atoms with Crippen LogP contribution in [0, 0.1) is 5.41 Å². The van der Waals surface area contributed by atoms with Crippen LogP contribution in [0.2, 0.25) is 0 Å². The van der Waals surface area contributed by atoms with Gasteiger partial charge in [-0.1, -0.05) is 19.8 Å². The van der Waals surface area contributed by atoms with Gasteiger partial charge in [0.2, 0.25) is 0 Å². The second-order valence-electron chi connectivity index (χ2n) is 6.85. The Morgan fingerprint density at radius 2 is 2.09 bits per heavy atom. The predicted octanol–water partition coefficient (Wildman–Crippen LogP) is 3.71. The average molecular weight is 451 g/mol. The predicted molar refractivity (Wildman–Crippen MR) is 110 cm³/mol. The molecular weight excluding hydrogens is 421 g/mol. The Kier molecular flexibility index (Phi) is 8.30. The summed E-state index contributed by atoms with van der Waals surface area (Å²) in [4.78, 5) is 4.58. The maximum absolute atomic E-state index is 10.6. The average Bonchev–Trinajstić information content (AvgIpc) is 3.14. The summed E-state index contributed by atoms with van der Waals surface area (Å²) in [6.45, 7) is 8.35. The maximum atomic E-state index is 10.6. The molecule has 2 rings (SSSR count). The van der Waals surface area contributed by atoms with Crippen LogP contribution in [0.15, 0.2) is 21.8 Å². The van der Waals surface area contributed by atoms with E-state index >= 15 is 0 Å². The summed E-state index contributed by atoms with van der Waals surface area (Å²) in [7, 11) is 0. The van der Waals surface area contributed by atoms with E-state index < -0.39 is 5.60 Å². The van der Waals surface area contributed by atoms with Gasteiger partial charge in [0.05, 0.1) is 6.54 Å². The Morgan fingerprint density at radius 3 is 2.65 bits per heavy atom. The Morgan fingerprint density at radius 1 is 1.39 bits per heavy atom. The largest absolute Gasteiger partial charge is 0.383 e. The van der Waals surface area contributed by atoms with E-state index in [2.05, 4.69) is 29.5 Å². The molecule has 1 aromatic heterocycles. The van der Waals surface area contributed by atoms with E-state index in [1.165, 1.54) is 25.7 Å². The molecule has 23 heavy (non-hydrogen) atoms. The molecule has 1 atom stereocenters. The van der Waals surface area contributed by atoms with Crippen molar-refractivity contribution in [3.8, 4) is 0 Å². The lowest BCUT2D eigenvalue weighted by Gasteiger charge is -2.26. The molecule has 1 fully saturated rings. The monoisotopic (exact) mass is 451 g/mol. The minimum atomic E-state index is -0.917. The summed E-state index contributed by atoms with van der Waals surface area (Å²) >= 11 is 1.60. The van der Waals surface area contributed by atoms with E-state index in [1.807, 2.05) is 23.8 Å². The van der Waals surface area contributed by atoms with Gasteiger partial charge < -0.3 is 15.7 Å². The van der Waals surface area contributed by atoms with E-state index in [1.54, 1.807) is 11.3 Å². The van der Waals surface area contributed by atoms with Crippen LogP contribution in [0.3, 0.4) is 0 Å². The first kappa shape index (κ1) is 20.7. The van der Waals surface area contributed by atoms with Crippen molar-refractivity contribution in [3.05, 3.63) is 22.4 Å². The number of rotatable bonds is 6. The van der Waals surface area contributed by atoms with Crippen LogP contribution in [-0.2, 0) is 5.60 Å². The molecule has 1 aliphatic rings. The molecule has 3 N–H and O–H groups in total. The molecule has 1 aliphatic carbocycles. The van der Waals surface area contributed by atoms with Gasteiger partial charge in [0.15, 0.2) is 5.96 Å². The SMILES string of the molecule is CCNC(=NCC(C)(O)c1ccsc1)NCC1(C)CCCC1.I. The molecule has 1 saturated carbocycles. The third-order valence-corrected chi connectivity index (χ3v) is 5.21. The lowest BCUT2D eigenvalue weighted by atomic mass is 9.89. The van der Waals surface area contributed by atoms with E-state index in [-0.39, 0.29) is 24.0 Å². The number of thiophene rings is 1. The van der Waals surface area contributed by atoms with Crippen LogP contribution >= 0.6 is 35.3 Å². The van der Waals surface area contributed by atoms with E-state index in [4.69, 9.17) is 0 Å². The highest BCUT2D eigenvalue weighted by Crippen LogP contribution is 2.36. The molecule has 0 aromatic carbocycles. The van der Waals surface area contributed by atoms with Crippen molar-refractivity contribution in [2.75, 3.05) is 19.6 Å². The highest BCUT2D eigenvalue weighted by molar-refractivity contribution is 14.0. The van der Waals surface area contributed by atoms with Gasteiger partial charge in [-0.3, -0.25) is 0 Å². The van der Waals surface area contributed by atoms with Crippen LogP contribution in [0.4, 0.5) is 0 Å². The topological polar surface area (TPSA) is 56.7 Å². The number of halogens is 1. The normalized spacial score (nSPS) is 19.7. The standard InChI is InChI=1S/C17H29N3OS.HI/c1-4-18-15(19-12-16(2)8-5-6-9-16)20-13-17(3,21)14-7-10-22-11-14;/h7,10-11,21H,4-6,8-9,12-13H2,1-3H3,(H2,18,19,20);1H. The molecule has 0 amide bonds. The third-order valence-electron chi connectivity index (χ3n) is 4.53. The smallest absolute Gasteiger partial charge is 0.191 e. The van der Waals surface area contributed by atoms with Gasteiger partial charge in [-0.05, 0) is 54.5 Å². The van der Waals surface area contributed by atoms with Crippen molar-refractivity contribution in [3.63, 3.8) is 0 Å². The fraction of sp³-hybridized carbons (Fsp3) is 0.706. The molecule has 4 nitrogen and oxygen atoms in total. The second-order valence-corrected chi connectivity index (χ2v) is 7.63. The van der Waals surface area contributed by atoms with E-state index in [9.17, 15) is 5.11 Å². The summed E-state index contributed by atoms with van der Waals surface area (Å²) in [5.74, 6) is 0.797. The lowest BCUT2D eigenvalue weighted by molar-refractivity contribution is 0.0677. The van der Waals surface area contributed by atoms with Gasteiger partial charge in [-0.15, -0.1) is 24.0 Å². The molecule has 0 aliphatic heterocycles.